The summed E-state index contributed by atoms with van der Waals surface area (Å²) in [5.41, 5.74) is 0. The molecule has 0 bridgehead atoms. The van der Waals surface area contributed by atoms with Gasteiger partial charge in [-0.2, -0.15) is 0 Å². The van der Waals surface area contributed by atoms with Crippen LogP contribution >= 0.6 is 0 Å². The van der Waals surface area contributed by atoms with Crippen LogP contribution in [0.4, 0.5) is 0 Å². The van der Waals surface area contributed by atoms with Crippen molar-refractivity contribution in [1.29, 1.82) is 0 Å². The molecule has 6 heteroatoms. The number of ether oxygens (including phenoxy) is 3. The molecule has 0 unspecified atom stereocenters. The quantitative estimate of drug-likeness (QED) is 0.0262. The first-order chi connectivity index (χ1) is 30.0. The molecule has 0 aliphatic rings. The second-order valence-corrected chi connectivity index (χ2v) is 17.8. The minimum absolute atomic E-state index is 0.0732. The maximum absolute atomic E-state index is 12.8. The molecule has 0 heterocycles. The molecule has 6 nitrogen and oxygen atoms in total. The van der Waals surface area contributed by atoms with Crippen molar-refractivity contribution >= 4 is 17.9 Å². The lowest BCUT2D eigenvalue weighted by Crippen LogP contribution is -2.30. The summed E-state index contributed by atoms with van der Waals surface area (Å²) in [5.74, 6) is -0.877. The van der Waals surface area contributed by atoms with Crippen LogP contribution in [0.1, 0.15) is 278 Å². The first-order valence-electron chi connectivity index (χ1n) is 26.5. The first kappa shape index (κ1) is 58.6. The summed E-state index contributed by atoms with van der Waals surface area (Å²) in [5, 5.41) is 0. The van der Waals surface area contributed by atoms with Crippen molar-refractivity contribution in [3.05, 3.63) is 36.5 Å². The van der Waals surface area contributed by atoms with E-state index in [-0.39, 0.29) is 31.1 Å². The fourth-order valence-corrected chi connectivity index (χ4v) is 7.69. The maximum atomic E-state index is 12.8. The number of carbonyl (C=O) groups is 3. The van der Waals surface area contributed by atoms with Gasteiger partial charge in [-0.05, 0) is 51.4 Å². The number of allylic oxidation sites excluding steroid dienone is 6. The highest BCUT2D eigenvalue weighted by molar-refractivity contribution is 5.71. The van der Waals surface area contributed by atoms with Gasteiger partial charge in [0.2, 0.25) is 0 Å². The van der Waals surface area contributed by atoms with E-state index in [1.807, 2.05) is 0 Å². The van der Waals surface area contributed by atoms with Crippen molar-refractivity contribution in [3.8, 4) is 0 Å². The highest BCUT2D eigenvalue weighted by Crippen LogP contribution is 2.16. The molecule has 61 heavy (non-hydrogen) atoms. The molecule has 0 N–H and O–H groups in total. The highest BCUT2D eigenvalue weighted by atomic mass is 16.6. The third-order valence-corrected chi connectivity index (χ3v) is 11.7. The van der Waals surface area contributed by atoms with Gasteiger partial charge in [0.25, 0.3) is 0 Å². The van der Waals surface area contributed by atoms with E-state index >= 15 is 0 Å². The van der Waals surface area contributed by atoms with Crippen molar-refractivity contribution in [2.45, 2.75) is 284 Å². The summed E-state index contributed by atoms with van der Waals surface area (Å²) >= 11 is 0. The Kier molecular flexibility index (Phi) is 48.3. The van der Waals surface area contributed by atoms with Crippen LogP contribution in [0.5, 0.6) is 0 Å². The van der Waals surface area contributed by atoms with Crippen molar-refractivity contribution in [1.82, 2.24) is 0 Å². The van der Waals surface area contributed by atoms with Crippen LogP contribution in [0.15, 0.2) is 36.5 Å². The van der Waals surface area contributed by atoms with Crippen LogP contribution in [-0.2, 0) is 28.6 Å². The van der Waals surface area contributed by atoms with Gasteiger partial charge in [-0.15, -0.1) is 0 Å². The number of hydrogen-bond acceptors (Lipinski definition) is 6. The van der Waals surface area contributed by atoms with E-state index in [1.54, 1.807) is 0 Å². The van der Waals surface area contributed by atoms with Gasteiger partial charge in [0.15, 0.2) is 6.10 Å². The standard InChI is InChI=1S/C55H100O6/c1-4-7-10-13-16-19-22-25-27-30-32-35-38-41-44-47-53(56)59-50-52(61-55(58)49-46-43-40-37-34-29-24-21-18-15-12-9-6-3)51-60-54(57)48-45-42-39-36-33-31-28-26-23-20-17-14-11-8-5-2/h7,10,16,19,25,27,52H,4-6,8-9,11-15,17-18,20-24,26,28-51H2,1-3H3/b10-7-,19-16-,27-25-/t52-/m1/s1. The normalized spacial score (nSPS) is 12.2. The monoisotopic (exact) mass is 857 g/mol. The van der Waals surface area contributed by atoms with E-state index < -0.39 is 6.10 Å². The summed E-state index contributed by atoms with van der Waals surface area (Å²) in [6.45, 7) is 6.54. The van der Waals surface area contributed by atoms with Gasteiger partial charge in [-0.3, -0.25) is 14.4 Å². The van der Waals surface area contributed by atoms with Crippen LogP contribution in [0, 0.1) is 0 Å². The maximum Gasteiger partial charge on any atom is 0.306 e. The summed E-state index contributed by atoms with van der Waals surface area (Å²) in [4.78, 5) is 38.0. The molecule has 0 aromatic carbocycles. The van der Waals surface area contributed by atoms with Gasteiger partial charge in [0.05, 0.1) is 0 Å². The second kappa shape index (κ2) is 50.3. The Hall–Kier alpha value is -2.37. The van der Waals surface area contributed by atoms with E-state index in [0.29, 0.717) is 19.3 Å². The zero-order valence-corrected chi connectivity index (χ0v) is 40.7. The molecule has 0 aromatic heterocycles. The predicted molar refractivity (Wildman–Crippen MR) is 261 cm³/mol. The number of esters is 3. The zero-order chi connectivity index (χ0) is 44.4. The van der Waals surface area contributed by atoms with E-state index in [2.05, 4.69) is 57.2 Å². The first-order valence-corrected chi connectivity index (χ1v) is 26.5. The van der Waals surface area contributed by atoms with Gasteiger partial charge in [-0.1, -0.05) is 243 Å². The zero-order valence-electron chi connectivity index (χ0n) is 40.7. The van der Waals surface area contributed by atoms with Crippen molar-refractivity contribution in [2.75, 3.05) is 13.2 Å². The molecule has 0 aliphatic carbocycles. The lowest BCUT2D eigenvalue weighted by atomic mass is 10.0. The molecule has 1 atom stereocenters. The number of unbranched alkanes of at least 4 members (excludes halogenated alkanes) is 31. The lowest BCUT2D eigenvalue weighted by molar-refractivity contribution is -0.167. The summed E-state index contributed by atoms with van der Waals surface area (Å²) < 4.78 is 16.8. The molecule has 0 fully saturated rings. The van der Waals surface area contributed by atoms with Crippen LogP contribution < -0.4 is 0 Å². The Morgan fingerprint density at radius 1 is 0.344 bits per heavy atom. The molecule has 0 aromatic rings. The van der Waals surface area contributed by atoms with Crippen LogP contribution in [0.25, 0.3) is 0 Å². The second-order valence-electron chi connectivity index (χ2n) is 17.8. The number of rotatable bonds is 48. The van der Waals surface area contributed by atoms with E-state index in [1.165, 1.54) is 141 Å². The fourth-order valence-electron chi connectivity index (χ4n) is 7.69. The third kappa shape index (κ3) is 48.5. The average Bonchev–Trinajstić information content (AvgIpc) is 3.26. The summed E-state index contributed by atoms with van der Waals surface area (Å²) in [6, 6.07) is 0. The van der Waals surface area contributed by atoms with Gasteiger partial charge < -0.3 is 14.2 Å². The summed E-state index contributed by atoms with van der Waals surface area (Å²) in [6.07, 6.45) is 58.4. The SMILES string of the molecule is CC/C=C\C/C=C\C/C=C\CCCCCCCC(=O)OC[C@H](COC(=O)CCCCCCCCCCCCCCCCC)OC(=O)CCCCCCCCCCCCCCC. The molecule has 0 amide bonds. The largest absolute Gasteiger partial charge is 0.462 e. The van der Waals surface area contributed by atoms with Crippen molar-refractivity contribution in [2.24, 2.45) is 0 Å². The third-order valence-electron chi connectivity index (χ3n) is 11.7. The van der Waals surface area contributed by atoms with Crippen LogP contribution in [0.2, 0.25) is 0 Å². The minimum Gasteiger partial charge on any atom is -0.462 e. The Balaban J connectivity index is 4.36. The molecule has 0 saturated carbocycles. The smallest absolute Gasteiger partial charge is 0.306 e. The molecule has 0 spiro atoms. The molecular formula is C55H100O6. The molecular weight excluding hydrogens is 757 g/mol. The van der Waals surface area contributed by atoms with Crippen LogP contribution in [0.3, 0.4) is 0 Å². The average molecular weight is 857 g/mol. The molecule has 0 aliphatic heterocycles. The molecule has 0 radical (unpaired) electrons. The van der Waals surface area contributed by atoms with Gasteiger partial charge in [0.1, 0.15) is 13.2 Å². The lowest BCUT2D eigenvalue weighted by Gasteiger charge is -2.18. The molecule has 0 saturated heterocycles. The minimum atomic E-state index is -0.773. The summed E-state index contributed by atoms with van der Waals surface area (Å²) in [7, 11) is 0. The number of hydrogen-bond donors (Lipinski definition) is 0. The van der Waals surface area contributed by atoms with Crippen molar-refractivity contribution < 1.29 is 28.6 Å². The van der Waals surface area contributed by atoms with Gasteiger partial charge in [-0.25, -0.2) is 0 Å². The van der Waals surface area contributed by atoms with Gasteiger partial charge >= 0.3 is 17.9 Å². The Morgan fingerprint density at radius 2 is 0.639 bits per heavy atom. The Morgan fingerprint density at radius 3 is 1.00 bits per heavy atom. The van der Waals surface area contributed by atoms with E-state index in [4.69, 9.17) is 14.2 Å². The molecule has 356 valence electrons. The Labute approximate surface area is 378 Å². The van der Waals surface area contributed by atoms with Crippen LogP contribution in [-0.4, -0.2) is 37.2 Å². The van der Waals surface area contributed by atoms with E-state index in [0.717, 1.165) is 96.3 Å². The van der Waals surface area contributed by atoms with E-state index in [9.17, 15) is 14.4 Å². The Bertz CT molecular complexity index is 1030. The molecule has 0 rings (SSSR count). The predicted octanol–water partition coefficient (Wildman–Crippen LogP) is 17.3. The van der Waals surface area contributed by atoms with Gasteiger partial charge in [0, 0.05) is 19.3 Å². The van der Waals surface area contributed by atoms with Crippen molar-refractivity contribution in [3.63, 3.8) is 0 Å². The number of carbonyl (C=O) groups excluding carboxylic acids is 3. The highest BCUT2D eigenvalue weighted by Gasteiger charge is 2.19. The topological polar surface area (TPSA) is 78.9 Å². The fraction of sp³-hybridized carbons (Fsp3) is 0.836.